The van der Waals surface area contributed by atoms with Crippen molar-refractivity contribution in [1.82, 2.24) is 10.3 Å². The highest BCUT2D eigenvalue weighted by Gasteiger charge is 2.12. The van der Waals surface area contributed by atoms with Gasteiger partial charge >= 0.3 is 0 Å². The Morgan fingerprint density at radius 3 is 2.52 bits per heavy atom. The predicted octanol–water partition coefficient (Wildman–Crippen LogP) is 3.45. The number of ether oxygens (including phenoxy) is 1. The molecule has 0 radical (unpaired) electrons. The molecular weight excluding hydrogens is 373 g/mol. The molecule has 0 aliphatic carbocycles. The number of pyridine rings is 1. The number of rotatable bonds is 7. The van der Waals surface area contributed by atoms with Crippen molar-refractivity contribution in [2.75, 3.05) is 19.0 Å². The highest BCUT2D eigenvalue weighted by molar-refractivity contribution is 6.05. The zero-order chi connectivity index (χ0) is 20.6. The Kier molecular flexibility index (Phi) is 6.52. The van der Waals surface area contributed by atoms with Crippen molar-refractivity contribution in [1.29, 1.82) is 0 Å². The molecule has 7 heteroatoms. The Balaban J connectivity index is 1.59. The maximum atomic E-state index is 13.6. The summed E-state index contributed by atoms with van der Waals surface area (Å²) in [5, 5.41) is 5.44. The van der Waals surface area contributed by atoms with Crippen molar-refractivity contribution in [3.8, 4) is 5.75 Å². The number of nitrogens with one attached hydrogen (secondary N) is 2. The lowest BCUT2D eigenvalue weighted by molar-refractivity contribution is 0.0949. The van der Waals surface area contributed by atoms with Gasteiger partial charge in [0.15, 0.2) is 0 Å². The summed E-state index contributed by atoms with van der Waals surface area (Å²) < 4.78 is 18.7. The number of nitrogens with zero attached hydrogens (tertiary/aromatic N) is 1. The van der Waals surface area contributed by atoms with Crippen LogP contribution in [0.4, 0.5) is 10.1 Å². The maximum absolute atomic E-state index is 13.6. The summed E-state index contributed by atoms with van der Waals surface area (Å²) in [5.74, 6) is -0.420. The second kappa shape index (κ2) is 9.45. The van der Waals surface area contributed by atoms with Crippen LogP contribution in [0.1, 0.15) is 26.4 Å². The second-order valence-corrected chi connectivity index (χ2v) is 6.21. The molecule has 148 valence electrons. The molecule has 0 aliphatic rings. The van der Waals surface area contributed by atoms with Crippen molar-refractivity contribution >= 4 is 17.5 Å². The van der Waals surface area contributed by atoms with Crippen LogP contribution in [0.2, 0.25) is 0 Å². The monoisotopic (exact) mass is 393 g/mol. The molecule has 0 unspecified atom stereocenters. The number of aromatic nitrogens is 1. The van der Waals surface area contributed by atoms with E-state index in [9.17, 15) is 14.0 Å². The smallest absolute Gasteiger partial charge is 0.269 e. The number of amides is 2. The zero-order valence-electron chi connectivity index (χ0n) is 15.8. The van der Waals surface area contributed by atoms with E-state index < -0.39 is 5.91 Å². The third-order valence-electron chi connectivity index (χ3n) is 4.24. The lowest BCUT2D eigenvalue weighted by Gasteiger charge is -2.08. The van der Waals surface area contributed by atoms with Gasteiger partial charge in [-0.2, -0.15) is 0 Å². The molecule has 2 amide bonds. The van der Waals surface area contributed by atoms with Gasteiger partial charge in [0.2, 0.25) is 0 Å². The fourth-order valence-electron chi connectivity index (χ4n) is 2.68. The molecule has 0 atom stereocenters. The number of carbonyl (C=O) groups is 2. The van der Waals surface area contributed by atoms with E-state index in [-0.39, 0.29) is 24.0 Å². The van der Waals surface area contributed by atoms with Crippen molar-refractivity contribution < 1.29 is 18.7 Å². The van der Waals surface area contributed by atoms with E-state index in [4.69, 9.17) is 4.74 Å². The van der Waals surface area contributed by atoms with Crippen LogP contribution in [0.3, 0.4) is 0 Å². The molecule has 0 saturated heterocycles. The van der Waals surface area contributed by atoms with Crippen molar-refractivity contribution in [3.05, 3.63) is 89.5 Å². The first-order chi connectivity index (χ1) is 14.1. The molecule has 1 aromatic heterocycles. The molecule has 0 spiro atoms. The highest BCUT2D eigenvalue weighted by Crippen LogP contribution is 2.16. The standard InChI is InChI=1S/C22H20FN3O3/c1-29-18-8-6-17(7-9-18)26-21(27)16-11-12-24-20(14-16)22(28)25-13-10-15-4-2-3-5-19(15)23/h2-9,11-12,14H,10,13H2,1H3,(H,25,28)(H,26,27). The summed E-state index contributed by atoms with van der Waals surface area (Å²) in [7, 11) is 1.56. The topological polar surface area (TPSA) is 80.3 Å². The predicted molar refractivity (Wildman–Crippen MR) is 108 cm³/mol. The number of hydrogen-bond acceptors (Lipinski definition) is 4. The molecule has 0 saturated carbocycles. The Hall–Kier alpha value is -3.74. The van der Waals surface area contributed by atoms with Crippen LogP contribution < -0.4 is 15.4 Å². The minimum Gasteiger partial charge on any atom is -0.497 e. The van der Waals surface area contributed by atoms with Crippen LogP contribution in [0.15, 0.2) is 66.9 Å². The van der Waals surface area contributed by atoms with E-state index in [0.29, 0.717) is 29.0 Å². The van der Waals surface area contributed by atoms with Gasteiger partial charge in [-0.3, -0.25) is 14.6 Å². The van der Waals surface area contributed by atoms with Crippen molar-refractivity contribution in [2.45, 2.75) is 6.42 Å². The van der Waals surface area contributed by atoms with Crippen LogP contribution in [0.25, 0.3) is 0 Å². The average molecular weight is 393 g/mol. The third kappa shape index (κ3) is 5.38. The minimum atomic E-state index is -0.430. The molecule has 2 aromatic carbocycles. The average Bonchev–Trinajstić information content (AvgIpc) is 2.75. The first kappa shape index (κ1) is 20.0. The molecule has 0 fully saturated rings. The Morgan fingerprint density at radius 2 is 1.79 bits per heavy atom. The molecule has 0 bridgehead atoms. The number of carbonyl (C=O) groups excluding carboxylic acids is 2. The summed E-state index contributed by atoms with van der Waals surface area (Å²) in [5.41, 5.74) is 1.54. The van der Waals surface area contributed by atoms with Crippen LogP contribution >= 0.6 is 0 Å². The quantitative estimate of drug-likeness (QED) is 0.644. The Labute approximate surface area is 167 Å². The molecule has 0 aliphatic heterocycles. The third-order valence-corrected chi connectivity index (χ3v) is 4.24. The van der Waals surface area contributed by atoms with E-state index in [1.807, 2.05) is 0 Å². The van der Waals surface area contributed by atoms with Crippen LogP contribution in [0, 0.1) is 5.82 Å². The van der Waals surface area contributed by atoms with Gasteiger partial charge < -0.3 is 15.4 Å². The first-order valence-electron chi connectivity index (χ1n) is 9.00. The SMILES string of the molecule is COc1ccc(NC(=O)c2ccnc(C(=O)NCCc3ccccc3F)c2)cc1. The van der Waals surface area contributed by atoms with E-state index in [1.165, 1.54) is 24.4 Å². The van der Waals surface area contributed by atoms with E-state index in [2.05, 4.69) is 15.6 Å². The molecule has 3 aromatic rings. The normalized spacial score (nSPS) is 10.3. The van der Waals surface area contributed by atoms with Gasteiger partial charge in [0, 0.05) is 24.0 Å². The van der Waals surface area contributed by atoms with Gasteiger partial charge in [-0.1, -0.05) is 18.2 Å². The van der Waals surface area contributed by atoms with Gasteiger partial charge in [0.05, 0.1) is 7.11 Å². The summed E-state index contributed by atoms with van der Waals surface area (Å²) in [4.78, 5) is 28.8. The van der Waals surface area contributed by atoms with Gasteiger partial charge in [-0.25, -0.2) is 4.39 Å². The fourth-order valence-corrected chi connectivity index (χ4v) is 2.68. The van der Waals surface area contributed by atoms with Gasteiger partial charge in [0.25, 0.3) is 11.8 Å². The first-order valence-corrected chi connectivity index (χ1v) is 9.00. The van der Waals surface area contributed by atoms with Crippen molar-refractivity contribution in [2.24, 2.45) is 0 Å². The van der Waals surface area contributed by atoms with E-state index in [1.54, 1.807) is 49.6 Å². The minimum absolute atomic E-state index is 0.112. The lowest BCUT2D eigenvalue weighted by Crippen LogP contribution is -2.27. The molecular formula is C22H20FN3O3. The largest absolute Gasteiger partial charge is 0.497 e. The summed E-state index contributed by atoms with van der Waals surface area (Å²) in [6, 6.07) is 16.2. The van der Waals surface area contributed by atoms with Crippen molar-refractivity contribution in [3.63, 3.8) is 0 Å². The second-order valence-electron chi connectivity index (χ2n) is 6.21. The van der Waals surface area contributed by atoms with E-state index in [0.717, 1.165) is 0 Å². The molecule has 3 rings (SSSR count). The summed E-state index contributed by atoms with van der Waals surface area (Å²) in [6.45, 7) is 0.254. The maximum Gasteiger partial charge on any atom is 0.269 e. The number of benzene rings is 2. The zero-order valence-corrected chi connectivity index (χ0v) is 15.8. The molecule has 1 heterocycles. The fraction of sp³-hybridized carbons (Fsp3) is 0.136. The molecule has 2 N–H and O–H groups in total. The lowest BCUT2D eigenvalue weighted by atomic mass is 10.1. The number of halogens is 1. The number of anilines is 1. The van der Waals surface area contributed by atoms with Crippen LogP contribution in [0.5, 0.6) is 5.75 Å². The van der Waals surface area contributed by atoms with Crippen LogP contribution in [-0.2, 0) is 6.42 Å². The Morgan fingerprint density at radius 1 is 1.03 bits per heavy atom. The summed E-state index contributed by atoms with van der Waals surface area (Å²) >= 11 is 0. The van der Waals surface area contributed by atoms with Gasteiger partial charge in [0.1, 0.15) is 17.3 Å². The Bertz CT molecular complexity index is 1010. The molecule has 6 nitrogen and oxygen atoms in total. The number of hydrogen-bond donors (Lipinski definition) is 2. The highest BCUT2D eigenvalue weighted by atomic mass is 19.1. The van der Waals surface area contributed by atoms with E-state index >= 15 is 0 Å². The molecule has 29 heavy (non-hydrogen) atoms. The van der Waals surface area contributed by atoms with Crippen LogP contribution in [-0.4, -0.2) is 30.5 Å². The van der Waals surface area contributed by atoms with Gasteiger partial charge in [-0.05, 0) is 54.4 Å². The summed E-state index contributed by atoms with van der Waals surface area (Å²) in [6.07, 6.45) is 1.75. The number of methoxy groups -OCH3 is 1. The van der Waals surface area contributed by atoms with Gasteiger partial charge in [-0.15, -0.1) is 0 Å².